The molecule has 1 aromatic rings. The van der Waals surface area contributed by atoms with E-state index in [-0.39, 0.29) is 11.1 Å². The molecule has 3 N–H and O–H groups in total. The number of nitrogen functional groups attached to an aromatic ring is 1. The van der Waals surface area contributed by atoms with Gasteiger partial charge in [-0.05, 0) is 6.07 Å². The van der Waals surface area contributed by atoms with Crippen LogP contribution in [0.4, 0.5) is 14.6 Å². The average molecular weight is 326 g/mol. The Balaban J connectivity index is 2.42. The fourth-order valence-electron chi connectivity index (χ4n) is 1.70. The third-order valence-electron chi connectivity index (χ3n) is 2.64. The van der Waals surface area contributed by atoms with E-state index in [0.29, 0.717) is 4.57 Å². The first-order valence-corrected chi connectivity index (χ1v) is 6.12. The summed E-state index contributed by atoms with van der Waals surface area (Å²) in [6, 6.07) is 1.20. The molecule has 0 bridgehead atoms. The summed E-state index contributed by atoms with van der Waals surface area (Å²) >= 11 is 2.96. The fraction of sp³-hybridized carbons (Fsp3) is 0.556. The molecule has 1 aliphatic rings. The van der Waals surface area contributed by atoms with Crippen LogP contribution < -0.4 is 11.4 Å². The van der Waals surface area contributed by atoms with Crippen LogP contribution in [0.15, 0.2) is 17.1 Å². The lowest BCUT2D eigenvalue weighted by atomic mass is 10.1. The van der Waals surface area contributed by atoms with Gasteiger partial charge < -0.3 is 15.6 Å². The highest BCUT2D eigenvalue weighted by atomic mass is 79.9. The van der Waals surface area contributed by atoms with Crippen molar-refractivity contribution in [1.82, 2.24) is 9.55 Å². The van der Waals surface area contributed by atoms with Gasteiger partial charge >= 0.3 is 11.6 Å². The van der Waals surface area contributed by atoms with Crippen LogP contribution in [0, 0.1) is 0 Å². The summed E-state index contributed by atoms with van der Waals surface area (Å²) in [5, 5.41) is 9.45. The first-order valence-electron chi connectivity index (χ1n) is 5.00. The zero-order chi connectivity index (χ0) is 13.5. The lowest BCUT2D eigenvalue weighted by Crippen LogP contribution is -2.41. The predicted molar refractivity (Wildman–Crippen MR) is 61.6 cm³/mol. The van der Waals surface area contributed by atoms with Gasteiger partial charge in [0.15, 0.2) is 0 Å². The number of rotatable bonds is 2. The smallest absolute Gasteiger partial charge is 0.351 e. The molecule has 18 heavy (non-hydrogen) atoms. The van der Waals surface area contributed by atoms with Crippen LogP contribution in [-0.4, -0.2) is 38.1 Å². The van der Waals surface area contributed by atoms with E-state index in [2.05, 4.69) is 20.9 Å². The second-order valence-corrected chi connectivity index (χ2v) is 4.49. The number of aliphatic hydroxyl groups excluding tert-OH is 1. The van der Waals surface area contributed by atoms with E-state index < -0.39 is 30.0 Å². The van der Waals surface area contributed by atoms with Crippen molar-refractivity contribution in [2.45, 2.75) is 24.4 Å². The number of ether oxygens (including phenoxy) is 1. The second-order valence-electron chi connectivity index (χ2n) is 3.84. The second kappa shape index (κ2) is 4.56. The highest BCUT2D eigenvalue weighted by Crippen LogP contribution is 2.42. The van der Waals surface area contributed by atoms with Crippen molar-refractivity contribution in [1.29, 1.82) is 0 Å². The zero-order valence-electron chi connectivity index (χ0n) is 8.96. The van der Waals surface area contributed by atoms with Crippen molar-refractivity contribution in [3.05, 3.63) is 22.7 Å². The Kier molecular flexibility index (Phi) is 3.39. The molecule has 2 heterocycles. The molecule has 2 rings (SSSR count). The minimum Gasteiger partial charge on any atom is -0.384 e. The highest BCUT2D eigenvalue weighted by molar-refractivity contribution is 9.09. The van der Waals surface area contributed by atoms with Gasteiger partial charge in [-0.3, -0.25) is 4.57 Å². The number of halogens is 3. The van der Waals surface area contributed by atoms with E-state index in [1.54, 1.807) is 0 Å². The number of hydrogen-bond acceptors (Lipinski definition) is 5. The Morgan fingerprint density at radius 2 is 2.33 bits per heavy atom. The van der Waals surface area contributed by atoms with Crippen LogP contribution in [0.1, 0.15) is 6.23 Å². The summed E-state index contributed by atoms with van der Waals surface area (Å²) in [6.45, 7) is 0. The van der Waals surface area contributed by atoms with Gasteiger partial charge in [0.2, 0.25) is 6.23 Å². The van der Waals surface area contributed by atoms with Gasteiger partial charge in [0.05, 0.1) is 0 Å². The molecule has 1 aliphatic heterocycles. The minimum atomic E-state index is -3.58. The van der Waals surface area contributed by atoms with E-state index >= 15 is 0 Å². The predicted octanol–water partition coefficient (Wildman–Crippen LogP) is 0.114. The van der Waals surface area contributed by atoms with E-state index in [0.717, 1.165) is 6.20 Å². The molecule has 1 saturated heterocycles. The van der Waals surface area contributed by atoms with Crippen LogP contribution in [0.5, 0.6) is 0 Å². The lowest BCUT2D eigenvalue weighted by Gasteiger charge is -2.20. The maximum absolute atomic E-state index is 13.8. The number of nitrogens with two attached hydrogens (primary N) is 1. The van der Waals surface area contributed by atoms with E-state index in [1.807, 2.05) is 0 Å². The molecule has 9 heteroatoms. The maximum atomic E-state index is 13.8. The molecule has 6 nitrogen and oxygen atoms in total. The van der Waals surface area contributed by atoms with E-state index in [4.69, 9.17) is 10.5 Å². The van der Waals surface area contributed by atoms with Gasteiger partial charge in [-0.15, -0.1) is 0 Å². The highest BCUT2D eigenvalue weighted by Gasteiger charge is 2.59. The zero-order valence-corrected chi connectivity index (χ0v) is 10.5. The Labute approximate surface area is 109 Å². The number of hydrogen-bond donors (Lipinski definition) is 2. The molecule has 0 saturated carbocycles. The van der Waals surface area contributed by atoms with Gasteiger partial charge in [-0.2, -0.15) is 13.8 Å². The van der Waals surface area contributed by atoms with Crippen LogP contribution in [0.2, 0.25) is 0 Å². The van der Waals surface area contributed by atoms with Crippen LogP contribution in [0.3, 0.4) is 0 Å². The number of aliphatic hydroxyl groups is 1. The van der Waals surface area contributed by atoms with Crippen molar-refractivity contribution >= 4 is 21.7 Å². The maximum Gasteiger partial charge on any atom is 0.351 e. The molecule has 100 valence electrons. The average Bonchev–Trinajstić information content (AvgIpc) is 2.52. The van der Waals surface area contributed by atoms with Crippen molar-refractivity contribution in [3.63, 3.8) is 0 Å². The molecule has 1 fully saturated rings. The van der Waals surface area contributed by atoms with Gasteiger partial charge in [0.25, 0.3) is 0 Å². The van der Waals surface area contributed by atoms with Gasteiger partial charge in [-0.25, -0.2) is 4.79 Å². The normalized spacial score (nSPS) is 30.6. The quantitative estimate of drug-likeness (QED) is 0.753. The molecule has 0 aliphatic carbocycles. The monoisotopic (exact) mass is 325 g/mol. The number of nitrogens with zero attached hydrogens (tertiary/aromatic N) is 2. The van der Waals surface area contributed by atoms with Crippen LogP contribution in [0.25, 0.3) is 0 Å². The lowest BCUT2D eigenvalue weighted by molar-refractivity contribution is -0.140. The Hall–Kier alpha value is -1.06. The largest absolute Gasteiger partial charge is 0.384 e. The third kappa shape index (κ3) is 2.02. The van der Waals surface area contributed by atoms with Gasteiger partial charge in [0.1, 0.15) is 18.0 Å². The first-order chi connectivity index (χ1) is 8.37. The molecular formula is C9H10BrF2N3O3. The Morgan fingerprint density at radius 3 is 2.83 bits per heavy atom. The SMILES string of the molecule is Nc1ccn([C@@H]2O[C@H](CBr)[C@@H](O)C2(F)F)c(=O)n1. The summed E-state index contributed by atoms with van der Waals surface area (Å²) in [7, 11) is 0. The van der Waals surface area contributed by atoms with Crippen molar-refractivity contribution < 1.29 is 18.6 Å². The topological polar surface area (TPSA) is 90.4 Å². The van der Waals surface area contributed by atoms with Crippen LogP contribution in [-0.2, 0) is 4.74 Å². The Bertz CT molecular complexity index is 510. The number of alkyl halides is 3. The van der Waals surface area contributed by atoms with E-state index in [1.165, 1.54) is 6.07 Å². The molecule has 0 spiro atoms. The summed E-state index contributed by atoms with van der Waals surface area (Å²) < 4.78 is 33.2. The van der Waals surface area contributed by atoms with Crippen molar-refractivity contribution in [2.75, 3.05) is 11.1 Å². The number of aromatic nitrogens is 2. The van der Waals surface area contributed by atoms with E-state index in [9.17, 15) is 18.7 Å². The number of anilines is 1. The molecular weight excluding hydrogens is 316 g/mol. The summed E-state index contributed by atoms with van der Waals surface area (Å²) in [5.41, 5.74) is 4.31. The molecule has 1 aromatic heterocycles. The summed E-state index contributed by atoms with van der Waals surface area (Å²) in [4.78, 5) is 14.8. The molecule has 0 aromatic carbocycles. The first kappa shape index (κ1) is 13.4. The minimum absolute atomic E-state index is 0.0252. The fourth-order valence-corrected chi connectivity index (χ4v) is 2.21. The van der Waals surface area contributed by atoms with Crippen molar-refractivity contribution in [2.24, 2.45) is 0 Å². The summed E-state index contributed by atoms with van der Waals surface area (Å²) in [5.74, 6) is -3.66. The molecule has 0 unspecified atom stereocenters. The van der Waals surface area contributed by atoms with Gasteiger partial charge in [-0.1, -0.05) is 15.9 Å². The Morgan fingerprint density at radius 1 is 1.67 bits per heavy atom. The third-order valence-corrected chi connectivity index (χ3v) is 3.27. The van der Waals surface area contributed by atoms with Crippen molar-refractivity contribution in [3.8, 4) is 0 Å². The van der Waals surface area contributed by atoms with Crippen LogP contribution >= 0.6 is 15.9 Å². The molecule has 0 amide bonds. The summed E-state index contributed by atoms with van der Waals surface area (Å²) in [6.07, 6.45) is -3.93. The standard InChI is InChI=1S/C9H10BrF2N3O3/c10-3-4-6(16)9(11,12)7(18-4)15-2-1-5(13)14-8(15)17/h1-2,4,6-7,16H,3H2,(H2,13,14,17)/t4-,6-,7-/m1/s1. The van der Waals surface area contributed by atoms with Gasteiger partial charge in [0, 0.05) is 11.5 Å². The molecule has 3 atom stereocenters. The molecule has 0 radical (unpaired) electrons.